The molecule has 0 aliphatic rings. The molecule has 0 saturated heterocycles. The van der Waals surface area contributed by atoms with Crippen LogP contribution in [0.4, 0.5) is 0 Å². The van der Waals surface area contributed by atoms with Crippen molar-refractivity contribution in [3.8, 4) is 0 Å². The van der Waals surface area contributed by atoms with Crippen LogP contribution in [0.1, 0.15) is 0 Å². The Hall–Kier alpha value is -1.09. The van der Waals surface area contributed by atoms with Crippen molar-refractivity contribution in [2.45, 2.75) is 0 Å². The van der Waals surface area contributed by atoms with E-state index in [2.05, 4.69) is 6.58 Å². The standard InChI is InChI=1S/C8H13NO2/c1-8(4-3-5-9)11-7-6-10-2/h3-5,9H,1,6-7H2,2H3/b4-3-,9-5?. The van der Waals surface area contributed by atoms with Gasteiger partial charge >= 0.3 is 0 Å². The van der Waals surface area contributed by atoms with E-state index in [1.54, 1.807) is 19.3 Å². The highest BCUT2D eigenvalue weighted by atomic mass is 16.5. The van der Waals surface area contributed by atoms with Gasteiger partial charge in [-0.15, -0.1) is 0 Å². The van der Waals surface area contributed by atoms with Crippen LogP contribution in [-0.4, -0.2) is 26.5 Å². The van der Waals surface area contributed by atoms with E-state index in [-0.39, 0.29) is 0 Å². The molecule has 0 heterocycles. The molecule has 1 N–H and O–H groups in total. The van der Waals surface area contributed by atoms with Crippen molar-refractivity contribution in [1.29, 1.82) is 5.41 Å². The van der Waals surface area contributed by atoms with E-state index in [4.69, 9.17) is 14.9 Å². The Bertz CT molecular complexity index is 152. The molecule has 0 bridgehead atoms. The third-order valence-corrected chi connectivity index (χ3v) is 0.953. The zero-order chi connectivity index (χ0) is 8.53. The minimum absolute atomic E-state index is 0.498. The lowest BCUT2D eigenvalue weighted by molar-refractivity contribution is 0.115. The Balaban J connectivity index is 3.37. The second-order valence-corrected chi connectivity index (χ2v) is 1.83. The number of hydrogen-bond acceptors (Lipinski definition) is 3. The van der Waals surface area contributed by atoms with E-state index in [9.17, 15) is 0 Å². The van der Waals surface area contributed by atoms with Crippen LogP contribution in [0.2, 0.25) is 0 Å². The van der Waals surface area contributed by atoms with Crippen LogP contribution in [-0.2, 0) is 9.47 Å². The van der Waals surface area contributed by atoms with Crippen molar-refractivity contribution in [3.05, 3.63) is 24.5 Å². The molecule has 0 aromatic heterocycles. The molecule has 0 atom stereocenters. The van der Waals surface area contributed by atoms with Crippen LogP contribution >= 0.6 is 0 Å². The third-order valence-electron chi connectivity index (χ3n) is 0.953. The topological polar surface area (TPSA) is 42.3 Å². The first kappa shape index (κ1) is 9.91. The van der Waals surface area contributed by atoms with Gasteiger partial charge in [0.1, 0.15) is 12.4 Å². The second-order valence-electron chi connectivity index (χ2n) is 1.83. The molecule has 0 amide bonds. The van der Waals surface area contributed by atoms with Crippen molar-refractivity contribution in [1.82, 2.24) is 0 Å². The van der Waals surface area contributed by atoms with Crippen LogP contribution in [0, 0.1) is 5.41 Å². The van der Waals surface area contributed by atoms with Gasteiger partial charge in [0.15, 0.2) is 0 Å². The van der Waals surface area contributed by atoms with Gasteiger partial charge in [-0.3, -0.25) is 0 Å². The third kappa shape index (κ3) is 6.80. The van der Waals surface area contributed by atoms with Crippen LogP contribution in [0.3, 0.4) is 0 Å². The van der Waals surface area contributed by atoms with Gasteiger partial charge in [0, 0.05) is 13.3 Å². The molecule has 3 nitrogen and oxygen atoms in total. The van der Waals surface area contributed by atoms with E-state index in [0.717, 1.165) is 0 Å². The summed E-state index contributed by atoms with van der Waals surface area (Å²) in [4.78, 5) is 0. The fourth-order valence-electron chi connectivity index (χ4n) is 0.460. The summed E-state index contributed by atoms with van der Waals surface area (Å²) in [7, 11) is 1.61. The predicted molar refractivity (Wildman–Crippen MR) is 44.9 cm³/mol. The van der Waals surface area contributed by atoms with Gasteiger partial charge in [0.25, 0.3) is 0 Å². The highest BCUT2D eigenvalue weighted by Crippen LogP contribution is 1.93. The summed E-state index contributed by atoms with van der Waals surface area (Å²) in [6, 6.07) is 0. The highest BCUT2D eigenvalue weighted by Gasteiger charge is 1.86. The van der Waals surface area contributed by atoms with E-state index in [0.29, 0.717) is 19.0 Å². The molecule has 0 aliphatic heterocycles. The van der Waals surface area contributed by atoms with Crippen LogP contribution in [0.5, 0.6) is 0 Å². The molecule has 0 radical (unpaired) electrons. The minimum Gasteiger partial charge on any atom is -0.492 e. The van der Waals surface area contributed by atoms with Gasteiger partial charge in [-0.2, -0.15) is 0 Å². The summed E-state index contributed by atoms with van der Waals surface area (Å²) in [5.41, 5.74) is 0. The first-order valence-corrected chi connectivity index (χ1v) is 3.29. The van der Waals surface area contributed by atoms with Crippen LogP contribution in [0.25, 0.3) is 0 Å². The molecule has 0 aliphatic carbocycles. The molecule has 62 valence electrons. The van der Waals surface area contributed by atoms with E-state index >= 15 is 0 Å². The Morgan fingerprint density at radius 3 is 2.82 bits per heavy atom. The van der Waals surface area contributed by atoms with Crippen molar-refractivity contribution in [3.63, 3.8) is 0 Å². The Morgan fingerprint density at radius 2 is 2.27 bits per heavy atom. The lowest BCUT2D eigenvalue weighted by Gasteiger charge is -2.02. The Kier molecular flexibility index (Phi) is 6.33. The normalized spacial score (nSPS) is 9.91. The maximum atomic E-state index is 6.68. The molecular weight excluding hydrogens is 142 g/mol. The Morgan fingerprint density at radius 1 is 1.55 bits per heavy atom. The summed E-state index contributed by atoms with van der Waals surface area (Å²) >= 11 is 0. The fourth-order valence-corrected chi connectivity index (χ4v) is 0.460. The number of ether oxygens (including phenoxy) is 2. The average molecular weight is 155 g/mol. The van der Waals surface area contributed by atoms with E-state index in [1.165, 1.54) is 6.21 Å². The molecule has 0 aromatic carbocycles. The zero-order valence-corrected chi connectivity index (χ0v) is 6.67. The summed E-state index contributed by atoms with van der Waals surface area (Å²) in [5.74, 6) is 0.547. The first-order valence-electron chi connectivity index (χ1n) is 3.29. The van der Waals surface area contributed by atoms with Gasteiger partial charge < -0.3 is 14.9 Å². The summed E-state index contributed by atoms with van der Waals surface area (Å²) in [6.45, 7) is 4.65. The number of hydrogen-bond donors (Lipinski definition) is 1. The predicted octanol–water partition coefficient (Wildman–Crippen LogP) is 1.37. The molecule has 11 heavy (non-hydrogen) atoms. The lowest BCUT2D eigenvalue weighted by atomic mass is 10.4. The van der Waals surface area contributed by atoms with Crippen LogP contribution < -0.4 is 0 Å². The summed E-state index contributed by atoms with van der Waals surface area (Å²) in [5, 5.41) is 6.68. The van der Waals surface area contributed by atoms with Gasteiger partial charge in [0.05, 0.1) is 6.61 Å². The maximum absolute atomic E-state index is 6.68. The molecule has 0 saturated carbocycles. The SMILES string of the molecule is C=C(/C=C\C=N)OCCOC. The molecule has 0 fully saturated rings. The van der Waals surface area contributed by atoms with E-state index < -0.39 is 0 Å². The van der Waals surface area contributed by atoms with Crippen molar-refractivity contribution in [2.24, 2.45) is 0 Å². The second kappa shape index (κ2) is 7.02. The molecule has 3 heteroatoms. The summed E-state index contributed by atoms with van der Waals surface area (Å²) in [6.07, 6.45) is 4.35. The smallest absolute Gasteiger partial charge is 0.112 e. The summed E-state index contributed by atoms with van der Waals surface area (Å²) < 4.78 is 9.84. The molecule has 0 aromatic rings. The van der Waals surface area contributed by atoms with Crippen molar-refractivity contribution in [2.75, 3.05) is 20.3 Å². The number of nitrogens with one attached hydrogen (secondary N) is 1. The molecule has 0 rings (SSSR count). The van der Waals surface area contributed by atoms with Crippen LogP contribution in [0.15, 0.2) is 24.5 Å². The quantitative estimate of drug-likeness (QED) is 0.272. The zero-order valence-electron chi connectivity index (χ0n) is 6.67. The molecule has 0 spiro atoms. The van der Waals surface area contributed by atoms with Gasteiger partial charge in [-0.1, -0.05) is 6.58 Å². The largest absolute Gasteiger partial charge is 0.492 e. The fraction of sp³-hybridized carbons (Fsp3) is 0.375. The van der Waals surface area contributed by atoms with Crippen molar-refractivity contribution < 1.29 is 9.47 Å². The van der Waals surface area contributed by atoms with Gasteiger partial charge in [-0.05, 0) is 12.2 Å². The molecular formula is C8H13NO2. The number of allylic oxidation sites excluding steroid dienone is 2. The van der Waals surface area contributed by atoms with Crippen molar-refractivity contribution >= 4 is 6.21 Å². The lowest BCUT2D eigenvalue weighted by Crippen LogP contribution is -1.99. The highest BCUT2D eigenvalue weighted by molar-refractivity contribution is 5.68. The number of methoxy groups -OCH3 is 1. The van der Waals surface area contributed by atoms with Gasteiger partial charge in [-0.25, -0.2) is 0 Å². The average Bonchev–Trinajstić information content (AvgIpc) is 2.01. The minimum atomic E-state index is 0.498. The number of rotatable bonds is 6. The van der Waals surface area contributed by atoms with E-state index in [1.807, 2.05) is 0 Å². The molecule has 0 unspecified atom stereocenters. The van der Waals surface area contributed by atoms with Gasteiger partial charge in [0.2, 0.25) is 0 Å². The monoisotopic (exact) mass is 155 g/mol. The Labute approximate surface area is 66.8 Å². The first-order chi connectivity index (χ1) is 5.31. The maximum Gasteiger partial charge on any atom is 0.112 e.